The highest BCUT2D eigenvalue weighted by molar-refractivity contribution is 7.94. The number of sulfone groups is 2. The second kappa shape index (κ2) is 9.34. The molecular formula is C21H18ClF2NO6S3. The molecule has 1 N–H and O–H groups in total. The Morgan fingerprint density at radius 2 is 1.38 bits per heavy atom. The molecule has 34 heavy (non-hydrogen) atoms. The first-order valence-corrected chi connectivity index (χ1v) is 14.7. The third-order valence-electron chi connectivity index (χ3n) is 4.75. The molecule has 13 heteroatoms. The van der Waals surface area contributed by atoms with Crippen LogP contribution in [-0.4, -0.2) is 31.5 Å². The maximum atomic E-state index is 14.3. The minimum Gasteiger partial charge on any atom is -0.218 e. The summed E-state index contributed by atoms with van der Waals surface area (Å²) < 4.78 is 106. The van der Waals surface area contributed by atoms with Gasteiger partial charge in [0, 0.05) is 11.1 Å². The van der Waals surface area contributed by atoms with Crippen molar-refractivity contribution >= 4 is 41.3 Å². The highest BCUT2D eigenvalue weighted by Gasteiger charge is 2.31. The van der Waals surface area contributed by atoms with E-state index in [4.69, 9.17) is 11.6 Å². The first-order valence-electron chi connectivity index (χ1n) is 9.45. The van der Waals surface area contributed by atoms with Crippen LogP contribution in [0.25, 0.3) is 0 Å². The third-order valence-corrected chi connectivity index (χ3v) is 9.53. The molecule has 0 saturated heterocycles. The van der Waals surface area contributed by atoms with Crippen molar-refractivity contribution in [3.05, 3.63) is 82.9 Å². The molecule has 0 aliphatic rings. The van der Waals surface area contributed by atoms with Crippen molar-refractivity contribution in [1.29, 1.82) is 0 Å². The summed E-state index contributed by atoms with van der Waals surface area (Å²) in [5.41, 5.74) is 0.454. The van der Waals surface area contributed by atoms with E-state index in [1.54, 1.807) is 6.92 Å². The zero-order valence-electron chi connectivity index (χ0n) is 17.7. The molecule has 0 heterocycles. The Kier molecular flexibility index (Phi) is 7.21. The van der Waals surface area contributed by atoms with Crippen LogP contribution in [0.15, 0.2) is 80.2 Å². The minimum absolute atomic E-state index is 0.134. The molecule has 1 atom stereocenters. The topological polar surface area (TPSA) is 114 Å². The summed E-state index contributed by atoms with van der Waals surface area (Å²) in [5.74, 6) is -2.29. The molecule has 0 unspecified atom stereocenters. The van der Waals surface area contributed by atoms with Crippen LogP contribution >= 0.6 is 11.6 Å². The molecule has 0 radical (unpaired) electrons. The molecule has 0 fully saturated rings. The zero-order chi connectivity index (χ0) is 25.5. The van der Waals surface area contributed by atoms with Crippen molar-refractivity contribution in [1.82, 2.24) is 4.72 Å². The minimum atomic E-state index is -4.83. The maximum Gasteiger partial charge on any atom is 0.210 e. The van der Waals surface area contributed by atoms with Crippen LogP contribution in [0.3, 0.4) is 0 Å². The number of halogens is 3. The van der Waals surface area contributed by atoms with Gasteiger partial charge in [-0.3, -0.25) is 0 Å². The van der Waals surface area contributed by atoms with Gasteiger partial charge in [0.05, 0.1) is 20.9 Å². The first kappa shape index (κ1) is 26.2. The van der Waals surface area contributed by atoms with Crippen molar-refractivity contribution < 1.29 is 34.0 Å². The largest absolute Gasteiger partial charge is 0.218 e. The standard InChI is InChI=1S/C21H18ClF2NO6S3/c1-13(25-32(2,26)27)14-3-7-17(8-4-14)33(28,29)19-10-5-15(22)11-21(19)34(30,31)20-12-16(23)6-9-18(20)24/h3-13,25H,1-2H3/t13-/m0/s1. The number of hydrogen-bond donors (Lipinski definition) is 1. The van der Waals surface area contributed by atoms with Crippen LogP contribution in [0, 0.1) is 11.6 Å². The number of nitrogens with one attached hydrogen (secondary N) is 1. The molecule has 0 saturated carbocycles. The zero-order valence-corrected chi connectivity index (χ0v) is 20.9. The Morgan fingerprint density at radius 1 is 0.765 bits per heavy atom. The Labute approximate surface area is 201 Å². The van der Waals surface area contributed by atoms with Gasteiger partial charge in [-0.05, 0) is 61.0 Å². The predicted molar refractivity (Wildman–Crippen MR) is 122 cm³/mol. The van der Waals surface area contributed by atoms with Crippen molar-refractivity contribution in [3.63, 3.8) is 0 Å². The fraction of sp³-hybridized carbons (Fsp3) is 0.143. The Bertz CT molecular complexity index is 1570. The molecule has 3 rings (SSSR count). The summed E-state index contributed by atoms with van der Waals surface area (Å²) in [6.07, 6.45) is 0.978. The molecule has 0 spiro atoms. The lowest BCUT2D eigenvalue weighted by Crippen LogP contribution is -2.25. The van der Waals surface area contributed by atoms with Gasteiger partial charge in [0.25, 0.3) is 0 Å². The van der Waals surface area contributed by atoms with Crippen molar-refractivity contribution in [2.45, 2.75) is 32.5 Å². The molecule has 0 aliphatic carbocycles. The fourth-order valence-electron chi connectivity index (χ4n) is 3.17. The Hall–Kier alpha value is -2.38. The van der Waals surface area contributed by atoms with E-state index in [2.05, 4.69) is 4.72 Å². The van der Waals surface area contributed by atoms with Gasteiger partial charge in [-0.1, -0.05) is 23.7 Å². The van der Waals surface area contributed by atoms with Gasteiger partial charge in [-0.2, -0.15) is 0 Å². The molecule has 0 aliphatic heterocycles. The van der Waals surface area contributed by atoms with E-state index in [-0.39, 0.29) is 9.92 Å². The van der Waals surface area contributed by atoms with Gasteiger partial charge in [-0.15, -0.1) is 0 Å². The molecule has 3 aromatic rings. The lowest BCUT2D eigenvalue weighted by molar-refractivity contribution is 0.550. The highest BCUT2D eigenvalue weighted by atomic mass is 35.5. The van der Waals surface area contributed by atoms with E-state index in [1.807, 2.05) is 0 Å². The van der Waals surface area contributed by atoms with Crippen molar-refractivity contribution in [2.75, 3.05) is 6.26 Å². The number of hydrogen-bond acceptors (Lipinski definition) is 6. The summed E-state index contributed by atoms with van der Waals surface area (Å²) in [4.78, 5) is -2.85. The second-order valence-corrected chi connectivity index (χ2v) is 13.4. The van der Waals surface area contributed by atoms with Gasteiger partial charge in [-0.25, -0.2) is 38.8 Å². The van der Waals surface area contributed by atoms with Crippen molar-refractivity contribution in [3.8, 4) is 0 Å². The Balaban J connectivity index is 2.13. The van der Waals surface area contributed by atoms with Gasteiger partial charge in [0.15, 0.2) is 0 Å². The van der Waals surface area contributed by atoms with E-state index < -0.39 is 62.1 Å². The van der Waals surface area contributed by atoms with Crippen LogP contribution in [0.4, 0.5) is 8.78 Å². The quantitative estimate of drug-likeness (QED) is 0.478. The molecule has 0 aromatic heterocycles. The predicted octanol–water partition coefficient (Wildman–Crippen LogP) is 3.89. The second-order valence-electron chi connectivity index (χ2n) is 7.35. The van der Waals surface area contributed by atoms with E-state index in [9.17, 15) is 34.0 Å². The Morgan fingerprint density at radius 3 is 1.97 bits per heavy atom. The van der Waals surface area contributed by atoms with Crippen LogP contribution in [-0.2, 0) is 29.7 Å². The normalized spacial score (nSPS) is 13.6. The summed E-state index contributed by atoms with van der Waals surface area (Å²) in [7, 11) is -12.8. The summed E-state index contributed by atoms with van der Waals surface area (Å²) in [6, 6.07) is 9.19. The summed E-state index contributed by atoms with van der Waals surface area (Å²) in [6.45, 7) is 1.56. The highest BCUT2D eigenvalue weighted by Crippen LogP contribution is 2.34. The monoisotopic (exact) mass is 549 g/mol. The average molecular weight is 550 g/mol. The number of benzene rings is 3. The number of rotatable bonds is 7. The van der Waals surface area contributed by atoms with Gasteiger partial charge in [0.2, 0.25) is 29.7 Å². The van der Waals surface area contributed by atoms with E-state index >= 15 is 0 Å². The van der Waals surface area contributed by atoms with E-state index in [0.29, 0.717) is 17.7 Å². The smallest absolute Gasteiger partial charge is 0.210 e. The van der Waals surface area contributed by atoms with Crippen LogP contribution in [0.5, 0.6) is 0 Å². The lowest BCUT2D eigenvalue weighted by Gasteiger charge is -2.15. The molecule has 0 bridgehead atoms. The number of sulfonamides is 1. The average Bonchev–Trinajstić information content (AvgIpc) is 2.74. The lowest BCUT2D eigenvalue weighted by atomic mass is 10.1. The molecule has 7 nitrogen and oxygen atoms in total. The first-order chi connectivity index (χ1) is 15.6. The molecular weight excluding hydrogens is 532 g/mol. The van der Waals surface area contributed by atoms with Crippen molar-refractivity contribution in [2.24, 2.45) is 0 Å². The summed E-state index contributed by atoms with van der Waals surface area (Å²) in [5, 5.41) is -0.134. The van der Waals surface area contributed by atoms with E-state index in [1.165, 1.54) is 24.3 Å². The summed E-state index contributed by atoms with van der Waals surface area (Å²) >= 11 is 5.90. The van der Waals surface area contributed by atoms with E-state index in [0.717, 1.165) is 30.5 Å². The van der Waals surface area contributed by atoms with Crippen LogP contribution < -0.4 is 4.72 Å². The van der Waals surface area contributed by atoms with Gasteiger partial charge >= 0.3 is 0 Å². The van der Waals surface area contributed by atoms with Crippen LogP contribution in [0.2, 0.25) is 5.02 Å². The molecule has 3 aromatic carbocycles. The fourth-order valence-corrected chi connectivity index (χ4v) is 7.60. The SMILES string of the molecule is C[C@H](NS(C)(=O)=O)c1ccc(S(=O)(=O)c2ccc(Cl)cc2S(=O)(=O)c2cc(F)ccc2F)cc1. The van der Waals surface area contributed by atoms with Gasteiger partial charge in [0.1, 0.15) is 16.5 Å². The third kappa shape index (κ3) is 5.47. The maximum absolute atomic E-state index is 14.3. The van der Waals surface area contributed by atoms with Crippen LogP contribution in [0.1, 0.15) is 18.5 Å². The molecule has 0 amide bonds. The van der Waals surface area contributed by atoms with Gasteiger partial charge < -0.3 is 0 Å². The molecule has 182 valence electrons.